The fourth-order valence-electron chi connectivity index (χ4n) is 0.696. The van der Waals surface area contributed by atoms with E-state index in [4.69, 9.17) is 4.74 Å². The van der Waals surface area contributed by atoms with Gasteiger partial charge in [-0.2, -0.15) is 0 Å². The predicted octanol–water partition coefficient (Wildman–Crippen LogP) is 1.72. The van der Waals surface area contributed by atoms with Crippen molar-refractivity contribution < 1.29 is 14.3 Å². The van der Waals surface area contributed by atoms with Gasteiger partial charge in [0.25, 0.3) is 0 Å². The molecule has 0 saturated heterocycles. The first-order valence-corrected chi connectivity index (χ1v) is 4.44. The Bertz CT molecular complexity index is 206. The molecular formula is C10H16O3. The third-order valence-electron chi connectivity index (χ3n) is 1.82. The topological polar surface area (TPSA) is 43.4 Å². The molecule has 0 heterocycles. The maximum absolute atomic E-state index is 11.2. The van der Waals surface area contributed by atoms with Crippen LogP contribution in [-0.2, 0) is 14.3 Å². The highest BCUT2D eigenvalue weighted by atomic mass is 16.5. The Kier molecular flexibility index (Phi) is 5.85. The number of ether oxygens (including phenoxy) is 1. The lowest BCUT2D eigenvalue weighted by Crippen LogP contribution is -2.18. The number of esters is 1. The van der Waals surface area contributed by atoms with Crippen molar-refractivity contribution in [2.45, 2.75) is 27.2 Å². The minimum absolute atomic E-state index is 0.0275. The molecule has 3 nitrogen and oxygen atoms in total. The maximum Gasteiger partial charge on any atom is 0.330 e. The van der Waals surface area contributed by atoms with Gasteiger partial charge in [0.2, 0.25) is 0 Å². The van der Waals surface area contributed by atoms with Gasteiger partial charge in [-0.1, -0.05) is 19.9 Å². The molecule has 0 fully saturated rings. The van der Waals surface area contributed by atoms with Gasteiger partial charge >= 0.3 is 5.97 Å². The molecule has 0 aliphatic carbocycles. The summed E-state index contributed by atoms with van der Waals surface area (Å²) in [5.74, 6) is -0.516. The molecule has 0 radical (unpaired) electrons. The Morgan fingerprint density at radius 3 is 2.54 bits per heavy atom. The average Bonchev–Trinajstić information content (AvgIpc) is 2.13. The Morgan fingerprint density at radius 1 is 1.46 bits per heavy atom. The Balaban J connectivity index is 3.76. The summed E-state index contributed by atoms with van der Waals surface area (Å²) in [6, 6.07) is 0. The number of allylic oxidation sites excluding steroid dienone is 1. The van der Waals surface area contributed by atoms with Gasteiger partial charge in [0.1, 0.15) is 0 Å². The highest BCUT2D eigenvalue weighted by Gasteiger charge is 2.11. The second kappa shape index (κ2) is 6.40. The van der Waals surface area contributed by atoms with Crippen molar-refractivity contribution in [1.82, 2.24) is 0 Å². The first-order valence-electron chi connectivity index (χ1n) is 4.44. The molecule has 0 aromatic heterocycles. The normalized spacial score (nSPS) is 12.8. The summed E-state index contributed by atoms with van der Waals surface area (Å²) in [5, 5.41) is 0. The van der Waals surface area contributed by atoms with E-state index in [-0.39, 0.29) is 18.3 Å². The number of rotatable bonds is 5. The molecule has 0 rings (SSSR count). The molecule has 0 aromatic rings. The molecule has 1 unspecified atom stereocenters. The SMILES string of the molecule is CC=CC(=O)OCC(=O)C(C)CC. The molecule has 0 saturated carbocycles. The fourth-order valence-corrected chi connectivity index (χ4v) is 0.696. The monoisotopic (exact) mass is 184 g/mol. The zero-order valence-electron chi connectivity index (χ0n) is 8.37. The second-order valence-corrected chi connectivity index (χ2v) is 2.88. The molecular weight excluding hydrogens is 168 g/mol. The molecule has 74 valence electrons. The van der Waals surface area contributed by atoms with Crippen LogP contribution in [0, 0.1) is 5.92 Å². The van der Waals surface area contributed by atoms with Crippen LogP contribution in [0.1, 0.15) is 27.2 Å². The zero-order valence-corrected chi connectivity index (χ0v) is 8.37. The quantitative estimate of drug-likeness (QED) is 0.482. The van der Waals surface area contributed by atoms with E-state index in [0.29, 0.717) is 0 Å². The van der Waals surface area contributed by atoms with Crippen molar-refractivity contribution in [2.24, 2.45) is 5.92 Å². The van der Waals surface area contributed by atoms with Crippen molar-refractivity contribution in [1.29, 1.82) is 0 Å². The van der Waals surface area contributed by atoms with Crippen molar-refractivity contribution in [3.05, 3.63) is 12.2 Å². The van der Waals surface area contributed by atoms with Crippen LogP contribution in [0.3, 0.4) is 0 Å². The number of carbonyl (C=O) groups excluding carboxylic acids is 2. The highest BCUT2D eigenvalue weighted by Crippen LogP contribution is 2.02. The number of hydrogen-bond donors (Lipinski definition) is 0. The van der Waals surface area contributed by atoms with Gasteiger partial charge in [-0.25, -0.2) is 4.79 Å². The molecule has 0 aliphatic rings. The van der Waals surface area contributed by atoms with Gasteiger partial charge in [-0.15, -0.1) is 0 Å². The van der Waals surface area contributed by atoms with Crippen LogP contribution in [0.15, 0.2) is 12.2 Å². The number of hydrogen-bond acceptors (Lipinski definition) is 3. The smallest absolute Gasteiger partial charge is 0.330 e. The van der Waals surface area contributed by atoms with E-state index in [2.05, 4.69) is 0 Å². The number of carbonyl (C=O) groups is 2. The van der Waals surface area contributed by atoms with E-state index in [1.165, 1.54) is 6.08 Å². The molecule has 3 heteroatoms. The summed E-state index contributed by atoms with van der Waals surface area (Å²) >= 11 is 0. The zero-order chi connectivity index (χ0) is 10.3. The summed E-state index contributed by atoms with van der Waals surface area (Å²) in [6.07, 6.45) is 3.65. The van der Waals surface area contributed by atoms with E-state index in [1.54, 1.807) is 13.0 Å². The van der Waals surface area contributed by atoms with Crippen LogP contribution < -0.4 is 0 Å². The lowest BCUT2D eigenvalue weighted by molar-refractivity contribution is -0.144. The highest BCUT2D eigenvalue weighted by molar-refractivity contribution is 5.87. The van der Waals surface area contributed by atoms with E-state index in [9.17, 15) is 9.59 Å². The summed E-state index contributed by atoms with van der Waals surface area (Å²) in [5.41, 5.74) is 0. The van der Waals surface area contributed by atoms with E-state index in [0.717, 1.165) is 6.42 Å². The predicted molar refractivity (Wildman–Crippen MR) is 50.2 cm³/mol. The van der Waals surface area contributed by atoms with Crippen LogP contribution in [0.4, 0.5) is 0 Å². The Hall–Kier alpha value is -1.12. The van der Waals surface area contributed by atoms with Crippen LogP contribution in [0.5, 0.6) is 0 Å². The maximum atomic E-state index is 11.2. The summed E-state index contributed by atoms with van der Waals surface area (Å²) in [6.45, 7) is 5.36. The molecule has 0 amide bonds. The first-order chi connectivity index (χ1) is 6.11. The molecule has 0 bridgehead atoms. The van der Waals surface area contributed by atoms with E-state index >= 15 is 0 Å². The summed E-state index contributed by atoms with van der Waals surface area (Å²) in [7, 11) is 0. The third kappa shape index (κ3) is 5.17. The number of ketones is 1. The van der Waals surface area contributed by atoms with Crippen molar-refractivity contribution in [3.63, 3.8) is 0 Å². The standard InChI is InChI=1S/C10H16O3/c1-4-6-10(12)13-7-9(11)8(3)5-2/h4,6,8H,5,7H2,1-3H3. The third-order valence-corrected chi connectivity index (χ3v) is 1.82. The number of Topliss-reactive ketones (excluding diaryl/α,β-unsaturated/α-hetero) is 1. The van der Waals surface area contributed by atoms with Crippen LogP contribution in [-0.4, -0.2) is 18.4 Å². The lowest BCUT2D eigenvalue weighted by Gasteiger charge is -2.06. The fraction of sp³-hybridized carbons (Fsp3) is 0.600. The van der Waals surface area contributed by atoms with Crippen LogP contribution >= 0.6 is 0 Å². The van der Waals surface area contributed by atoms with E-state index in [1.807, 2.05) is 13.8 Å². The molecule has 13 heavy (non-hydrogen) atoms. The molecule has 1 atom stereocenters. The molecule has 0 aromatic carbocycles. The largest absolute Gasteiger partial charge is 0.455 e. The van der Waals surface area contributed by atoms with Gasteiger partial charge in [0, 0.05) is 12.0 Å². The first kappa shape index (κ1) is 11.9. The van der Waals surface area contributed by atoms with Gasteiger partial charge in [0.05, 0.1) is 0 Å². The van der Waals surface area contributed by atoms with E-state index < -0.39 is 5.97 Å². The minimum atomic E-state index is -0.459. The van der Waals surface area contributed by atoms with Crippen LogP contribution in [0.25, 0.3) is 0 Å². The minimum Gasteiger partial charge on any atom is -0.455 e. The van der Waals surface area contributed by atoms with Crippen molar-refractivity contribution in [2.75, 3.05) is 6.61 Å². The lowest BCUT2D eigenvalue weighted by atomic mass is 10.1. The van der Waals surface area contributed by atoms with Gasteiger partial charge < -0.3 is 4.74 Å². The van der Waals surface area contributed by atoms with Gasteiger partial charge in [-0.05, 0) is 13.3 Å². The van der Waals surface area contributed by atoms with Gasteiger partial charge in [0.15, 0.2) is 12.4 Å². The van der Waals surface area contributed by atoms with Gasteiger partial charge in [-0.3, -0.25) is 4.79 Å². The molecule has 0 N–H and O–H groups in total. The second-order valence-electron chi connectivity index (χ2n) is 2.88. The molecule has 0 spiro atoms. The summed E-state index contributed by atoms with van der Waals surface area (Å²) in [4.78, 5) is 22.0. The van der Waals surface area contributed by atoms with Crippen molar-refractivity contribution in [3.8, 4) is 0 Å². The average molecular weight is 184 g/mol. The Labute approximate surface area is 78.8 Å². The van der Waals surface area contributed by atoms with Crippen LogP contribution in [0.2, 0.25) is 0 Å². The molecule has 0 aliphatic heterocycles. The summed E-state index contributed by atoms with van der Waals surface area (Å²) < 4.78 is 4.69. The Morgan fingerprint density at radius 2 is 2.08 bits per heavy atom. The van der Waals surface area contributed by atoms with Crippen molar-refractivity contribution >= 4 is 11.8 Å².